The van der Waals surface area contributed by atoms with Crippen molar-refractivity contribution < 1.29 is 14.5 Å². The summed E-state index contributed by atoms with van der Waals surface area (Å²) in [7, 11) is 3.30. The highest BCUT2D eigenvalue weighted by molar-refractivity contribution is 6.07. The van der Waals surface area contributed by atoms with Crippen LogP contribution >= 0.6 is 0 Å². The van der Waals surface area contributed by atoms with E-state index in [0.29, 0.717) is 11.3 Å². The van der Waals surface area contributed by atoms with Gasteiger partial charge in [-0.1, -0.05) is 0 Å². The third kappa shape index (κ3) is 3.46. The SMILES string of the molecule is COc1ccc(N2CCCC2)c(N(C)C(=O)c2ccc([N+](=O)[O-])cc2)c1. The molecule has 1 saturated heterocycles. The molecule has 7 heteroatoms. The Hall–Kier alpha value is -3.09. The molecule has 2 aromatic rings. The maximum atomic E-state index is 12.9. The van der Waals surface area contributed by atoms with Gasteiger partial charge < -0.3 is 14.5 Å². The predicted molar refractivity (Wildman–Crippen MR) is 100 cm³/mol. The number of nitrogens with zero attached hydrogens (tertiary/aromatic N) is 3. The molecule has 0 bridgehead atoms. The molecule has 0 aliphatic carbocycles. The van der Waals surface area contributed by atoms with E-state index in [2.05, 4.69) is 4.90 Å². The molecule has 0 aromatic heterocycles. The van der Waals surface area contributed by atoms with E-state index in [9.17, 15) is 14.9 Å². The summed E-state index contributed by atoms with van der Waals surface area (Å²) in [6, 6.07) is 11.3. The summed E-state index contributed by atoms with van der Waals surface area (Å²) >= 11 is 0. The lowest BCUT2D eigenvalue weighted by Crippen LogP contribution is -2.29. The van der Waals surface area contributed by atoms with Gasteiger partial charge in [-0.3, -0.25) is 14.9 Å². The van der Waals surface area contributed by atoms with Crippen molar-refractivity contribution in [2.75, 3.05) is 37.0 Å². The first-order valence-electron chi connectivity index (χ1n) is 8.47. The number of benzene rings is 2. The molecule has 1 aliphatic heterocycles. The van der Waals surface area contributed by atoms with Gasteiger partial charge in [0, 0.05) is 43.9 Å². The van der Waals surface area contributed by atoms with Crippen LogP contribution in [0.4, 0.5) is 17.1 Å². The van der Waals surface area contributed by atoms with E-state index < -0.39 is 4.92 Å². The topological polar surface area (TPSA) is 75.9 Å². The molecule has 0 radical (unpaired) electrons. The second-order valence-electron chi connectivity index (χ2n) is 6.22. The number of nitro benzene ring substituents is 1. The zero-order valence-electron chi connectivity index (χ0n) is 14.8. The molecule has 0 spiro atoms. The number of amides is 1. The number of carbonyl (C=O) groups excluding carboxylic acids is 1. The largest absolute Gasteiger partial charge is 0.497 e. The molecule has 1 heterocycles. The first-order valence-corrected chi connectivity index (χ1v) is 8.47. The zero-order valence-corrected chi connectivity index (χ0v) is 14.8. The minimum atomic E-state index is -0.481. The lowest BCUT2D eigenvalue weighted by Gasteiger charge is -2.27. The summed E-state index contributed by atoms with van der Waals surface area (Å²) in [6.45, 7) is 1.91. The Balaban J connectivity index is 1.93. The second-order valence-corrected chi connectivity index (χ2v) is 6.22. The number of hydrogen-bond acceptors (Lipinski definition) is 5. The molecule has 0 saturated carbocycles. The van der Waals surface area contributed by atoms with Gasteiger partial charge in [0.2, 0.25) is 0 Å². The van der Waals surface area contributed by atoms with Crippen LogP contribution in [-0.4, -0.2) is 38.1 Å². The molecule has 26 heavy (non-hydrogen) atoms. The monoisotopic (exact) mass is 355 g/mol. The zero-order chi connectivity index (χ0) is 18.7. The number of carbonyl (C=O) groups is 1. The van der Waals surface area contributed by atoms with Crippen LogP contribution in [0.15, 0.2) is 42.5 Å². The number of anilines is 2. The number of nitro groups is 1. The molecule has 1 fully saturated rings. The van der Waals surface area contributed by atoms with Crippen LogP contribution in [0, 0.1) is 10.1 Å². The Kier molecular flexibility index (Phi) is 5.06. The Morgan fingerprint density at radius 1 is 1.15 bits per heavy atom. The van der Waals surface area contributed by atoms with E-state index in [1.165, 1.54) is 24.3 Å². The molecule has 2 aromatic carbocycles. The van der Waals surface area contributed by atoms with E-state index in [-0.39, 0.29) is 11.6 Å². The van der Waals surface area contributed by atoms with E-state index >= 15 is 0 Å². The van der Waals surface area contributed by atoms with Crippen molar-refractivity contribution in [1.82, 2.24) is 0 Å². The third-order valence-electron chi connectivity index (χ3n) is 4.62. The van der Waals surface area contributed by atoms with Gasteiger partial charge in [0.1, 0.15) is 5.75 Å². The van der Waals surface area contributed by atoms with Crippen molar-refractivity contribution in [2.24, 2.45) is 0 Å². The number of ether oxygens (including phenoxy) is 1. The second kappa shape index (κ2) is 7.43. The van der Waals surface area contributed by atoms with Crippen molar-refractivity contribution in [2.45, 2.75) is 12.8 Å². The average molecular weight is 355 g/mol. The van der Waals surface area contributed by atoms with E-state index in [1.807, 2.05) is 18.2 Å². The van der Waals surface area contributed by atoms with E-state index in [4.69, 9.17) is 4.74 Å². The van der Waals surface area contributed by atoms with E-state index in [0.717, 1.165) is 37.3 Å². The molecule has 7 nitrogen and oxygen atoms in total. The standard InChI is InChI=1S/C19H21N3O4/c1-20(19(23)14-5-7-15(8-6-14)22(24)25)18-13-16(26-2)9-10-17(18)21-11-3-4-12-21/h5-10,13H,3-4,11-12H2,1-2H3. The molecule has 0 N–H and O–H groups in total. The Bertz CT molecular complexity index is 814. The molecule has 0 unspecified atom stereocenters. The first-order chi connectivity index (χ1) is 12.5. The molecule has 136 valence electrons. The summed E-state index contributed by atoms with van der Waals surface area (Å²) < 4.78 is 5.32. The molecule has 3 rings (SSSR count). The summed E-state index contributed by atoms with van der Waals surface area (Å²) in [5.41, 5.74) is 2.10. The van der Waals surface area contributed by atoms with Crippen LogP contribution in [0.3, 0.4) is 0 Å². The van der Waals surface area contributed by atoms with Crippen molar-refractivity contribution in [3.8, 4) is 5.75 Å². The van der Waals surface area contributed by atoms with Gasteiger partial charge in [-0.2, -0.15) is 0 Å². The fourth-order valence-electron chi connectivity index (χ4n) is 3.15. The van der Waals surface area contributed by atoms with Crippen molar-refractivity contribution >= 4 is 23.0 Å². The van der Waals surface area contributed by atoms with Crippen molar-refractivity contribution in [3.63, 3.8) is 0 Å². The number of hydrogen-bond donors (Lipinski definition) is 0. The fraction of sp³-hybridized carbons (Fsp3) is 0.316. The summed E-state index contributed by atoms with van der Waals surface area (Å²) in [5.74, 6) is 0.444. The fourth-order valence-corrected chi connectivity index (χ4v) is 3.15. The summed E-state index contributed by atoms with van der Waals surface area (Å²) in [4.78, 5) is 27.0. The number of non-ortho nitro benzene ring substituents is 1. The van der Waals surface area contributed by atoms with Gasteiger partial charge >= 0.3 is 0 Å². The predicted octanol–water partition coefficient (Wildman–Crippen LogP) is 3.48. The smallest absolute Gasteiger partial charge is 0.269 e. The summed E-state index contributed by atoms with van der Waals surface area (Å²) in [6.07, 6.45) is 2.26. The van der Waals surface area contributed by atoms with Crippen molar-refractivity contribution in [3.05, 3.63) is 58.1 Å². The Labute approximate surface area is 151 Å². The van der Waals surface area contributed by atoms with Gasteiger partial charge in [-0.15, -0.1) is 0 Å². The van der Waals surface area contributed by atoms with Gasteiger partial charge in [-0.25, -0.2) is 0 Å². The summed E-state index contributed by atoms with van der Waals surface area (Å²) in [5, 5.41) is 10.8. The molecule has 1 amide bonds. The van der Waals surface area contributed by atoms with Crippen LogP contribution in [0.1, 0.15) is 23.2 Å². The number of methoxy groups -OCH3 is 1. The highest BCUT2D eigenvalue weighted by atomic mass is 16.6. The van der Waals surface area contributed by atoms with Crippen LogP contribution < -0.4 is 14.5 Å². The average Bonchev–Trinajstić information content (AvgIpc) is 3.21. The molecule has 1 aliphatic rings. The van der Waals surface area contributed by atoms with Gasteiger partial charge in [-0.05, 0) is 37.1 Å². The first kappa shape index (κ1) is 17.7. The van der Waals surface area contributed by atoms with Crippen LogP contribution in [0.25, 0.3) is 0 Å². The minimum Gasteiger partial charge on any atom is -0.497 e. The molecular weight excluding hydrogens is 334 g/mol. The van der Waals surface area contributed by atoms with Gasteiger partial charge in [0.25, 0.3) is 11.6 Å². The Morgan fingerprint density at radius 2 is 1.81 bits per heavy atom. The molecular formula is C19H21N3O4. The number of rotatable bonds is 5. The lowest BCUT2D eigenvalue weighted by atomic mass is 10.1. The highest BCUT2D eigenvalue weighted by Gasteiger charge is 2.22. The third-order valence-corrected chi connectivity index (χ3v) is 4.62. The van der Waals surface area contributed by atoms with Gasteiger partial charge in [0.05, 0.1) is 23.4 Å². The maximum Gasteiger partial charge on any atom is 0.269 e. The normalized spacial score (nSPS) is 13.5. The van der Waals surface area contributed by atoms with Gasteiger partial charge in [0.15, 0.2) is 0 Å². The quantitative estimate of drug-likeness (QED) is 0.606. The Morgan fingerprint density at radius 3 is 2.38 bits per heavy atom. The highest BCUT2D eigenvalue weighted by Crippen LogP contribution is 2.35. The maximum absolute atomic E-state index is 12.9. The van der Waals surface area contributed by atoms with Crippen LogP contribution in [0.5, 0.6) is 5.75 Å². The van der Waals surface area contributed by atoms with Crippen molar-refractivity contribution in [1.29, 1.82) is 0 Å². The minimum absolute atomic E-state index is 0.0386. The van der Waals surface area contributed by atoms with Crippen LogP contribution in [-0.2, 0) is 0 Å². The lowest BCUT2D eigenvalue weighted by molar-refractivity contribution is -0.384. The van der Waals surface area contributed by atoms with Crippen LogP contribution in [0.2, 0.25) is 0 Å². The van der Waals surface area contributed by atoms with E-state index in [1.54, 1.807) is 19.1 Å². The molecule has 0 atom stereocenters.